The van der Waals surface area contributed by atoms with Gasteiger partial charge in [0, 0.05) is 16.8 Å². The Bertz CT molecular complexity index is 579. The van der Waals surface area contributed by atoms with E-state index in [4.69, 9.17) is 5.73 Å². The van der Waals surface area contributed by atoms with E-state index in [0.29, 0.717) is 5.56 Å². The summed E-state index contributed by atoms with van der Waals surface area (Å²) in [7, 11) is 0. The lowest BCUT2D eigenvalue weighted by molar-refractivity contribution is 0.598. The summed E-state index contributed by atoms with van der Waals surface area (Å²) in [5.41, 5.74) is 6.33. The molecule has 0 amide bonds. The van der Waals surface area contributed by atoms with Crippen LogP contribution in [0.5, 0.6) is 0 Å². The van der Waals surface area contributed by atoms with E-state index >= 15 is 0 Å². The van der Waals surface area contributed by atoms with Gasteiger partial charge in [0.15, 0.2) is 0 Å². The summed E-state index contributed by atoms with van der Waals surface area (Å²) in [6.07, 6.45) is 0. The van der Waals surface area contributed by atoms with E-state index in [1.54, 1.807) is 6.92 Å². The van der Waals surface area contributed by atoms with Crippen LogP contribution in [0.2, 0.25) is 0 Å². The van der Waals surface area contributed by atoms with E-state index < -0.39 is 17.5 Å². The molecule has 0 unspecified atom stereocenters. The van der Waals surface area contributed by atoms with Crippen molar-refractivity contribution in [2.75, 3.05) is 5.73 Å². The Hall–Kier alpha value is -1.97. The third kappa shape index (κ3) is 2.11. The normalized spacial score (nSPS) is 10.6. The molecule has 4 heteroatoms. The molecule has 0 atom stereocenters. The van der Waals surface area contributed by atoms with Crippen LogP contribution in [0.4, 0.5) is 18.9 Å². The molecule has 0 radical (unpaired) electrons. The molecule has 0 fully saturated rings. The topological polar surface area (TPSA) is 26.0 Å². The second-order valence-corrected chi connectivity index (χ2v) is 3.81. The molecule has 0 aromatic heterocycles. The molecule has 17 heavy (non-hydrogen) atoms. The van der Waals surface area contributed by atoms with Crippen molar-refractivity contribution in [2.45, 2.75) is 6.92 Å². The van der Waals surface area contributed by atoms with Crippen molar-refractivity contribution in [1.82, 2.24) is 0 Å². The number of benzene rings is 2. The van der Waals surface area contributed by atoms with Crippen molar-refractivity contribution in [3.63, 3.8) is 0 Å². The van der Waals surface area contributed by atoms with E-state index in [1.807, 2.05) is 0 Å². The maximum atomic E-state index is 13.7. The van der Waals surface area contributed by atoms with E-state index in [2.05, 4.69) is 0 Å². The van der Waals surface area contributed by atoms with Gasteiger partial charge in [-0.2, -0.15) is 0 Å². The Labute approximate surface area is 96.7 Å². The minimum absolute atomic E-state index is 0.00806. The van der Waals surface area contributed by atoms with E-state index in [-0.39, 0.29) is 16.8 Å². The molecule has 0 aliphatic heterocycles. The van der Waals surface area contributed by atoms with Gasteiger partial charge in [-0.1, -0.05) is 0 Å². The minimum atomic E-state index is -0.672. The van der Waals surface area contributed by atoms with Crippen LogP contribution in [-0.4, -0.2) is 0 Å². The van der Waals surface area contributed by atoms with Crippen LogP contribution in [0.15, 0.2) is 30.3 Å². The molecule has 0 spiro atoms. The first-order valence-electron chi connectivity index (χ1n) is 5.00. The predicted octanol–water partition coefficient (Wildman–Crippen LogP) is 3.66. The fraction of sp³-hybridized carbons (Fsp3) is 0.0769. The Morgan fingerprint density at radius 2 is 1.53 bits per heavy atom. The molecule has 2 aromatic rings. The number of nitrogen functional groups attached to an aromatic ring is 1. The van der Waals surface area contributed by atoms with Crippen LogP contribution in [0, 0.1) is 24.4 Å². The third-order valence-electron chi connectivity index (χ3n) is 2.57. The van der Waals surface area contributed by atoms with Gasteiger partial charge in [0.25, 0.3) is 0 Å². The maximum Gasteiger partial charge on any atom is 0.133 e. The van der Waals surface area contributed by atoms with Crippen LogP contribution in [-0.2, 0) is 0 Å². The molecule has 0 saturated heterocycles. The molecule has 0 bridgehead atoms. The zero-order valence-electron chi connectivity index (χ0n) is 9.10. The highest BCUT2D eigenvalue weighted by molar-refractivity contribution is 5.69. The Morgan fingerprint density at radius 3 is 2.24 bits per heavy atom. The molecule has 0 aliphatic carbocycles. The van der Waals surface area contributed by atoms with Crippen LogP contribution in [0.25, 0.3) is 11.1 Å². The molecule has 0 heterocycles. The summed E-state index contributed by atoms with van der Waals surface area (Å²) >= 11 is 0. The van der Waals surface area contributed by atoms with E-state index in [1.165, 1.54) is 6.07 Å². The summed E-state index contributed by atoms with van der Waals surface area (Å²) in [4.78, 5) is 0. The van der Waals surface area contributed by atoms with Crippen LogP contribution < -0.4 is 5.73 Å². The number of rotatable bonds is 1. The first kappa shape index (κ1) is 11.5. The molecule has 0 saturated carbocycles. The van der Waals surface area contributed by atoms with Gasteiger partial charge in [-0.25, -0.2) is 13.2 Å². The monoisotopic (exact) mass is 237 g/mol. The lowest BCUT2D eigenvalue weighted by Gasteiger charge is -2.08. The summed E-state index contributed by atoms with van der Waals surface area (Å²) in [5.74, 6) is -1.96. The molecule has 88 valence electrons. The van der Waals surface area contributed by atoms with Gasteiger partial charge < -0.3 is 5.73 Å². The fourth-order valence-electron chi connectivity index (χ4n) is 1.61. The fourth-order valence-corrected chi connectivity index (χ4v) is 1.61. The van der Waals surface area contributed by atoms with Crippen molar-refractivity contribution in [2.24, 2.45) is 0 Å². The summed E-state index contributed by atoms with van der Waals surface area (Å²) < 4.78 is 40.2. The highest BCUT2D eigenvalue weighted by atomic mass is 19.1. The quantitative estimate of drug-likeness (QED) is 0.752. The number of halogens is 3. The zero-order chi connectivity index (χ0) is 12.6. The average molecular weight is 237 g/mol. The van der Waals surface area contributed by atoms with Crippen molar-refractivity contribution in [3.8, 4) is 11.1 Å². The molecule has 0 aliphatic rings. The second kappa shape index (κ2) is 4.13. The molecule has 2 N–H and O–H groups in total. The highest BCUT2D eigenvalue weighted by Crippen LogP contribution is 2.29. The van der Waals surface area contributed by atoms with Gasteiger partial charge in [-0.15, -0.1) is 0 Å². The molecular formula is C13H10F3N. The maximum absolute atomic E-state index is 13.7. The first-order valence-corrected chi connectivity index (χ1v) is 5.00. The Morgan fingerprint density at radius 1 is 0.882 bits per heavy atom. The number of aryl methyl sites for hydroxylation is 1. The van der Waals surface area contributed by atoms with Gasteiger partial charge in [-0.3, -0.25) is 0 Å². The lowest BCUT2D eigenvalue weighted by atomic mass is 10.0. The largest absolute Gasteiger partial charge is 0.398 e. The van der Waals surface area contributed by atoms with Crippen molar-refractivity contribution in [1.29, 1.82) is 0 Å². The minimum Gasteiger partial charge on any atom is -0.398 e. The van der Waals surface area contributed by atoms with Crippen molar-refractivity contribution >= 4 is 5.69 Å². The smallest absolute Gasteiger partial charge is 0.133 e. The number of anilines is 1. The molecule has 1 nitrogen and oxygen atoms in total. The van der Waals surface area contributed by atoms with Gasteiger partial charge in [0.05, 0.1) is 0 Å². The average Bonchev–Trinajstić information content (AvgIpc) is 2.27. The Balaban J connectivity index is 2.68. The highest BCUT2D eigenvalue weighted by Gasteiger charge is 2.12. The van der Waals surface area contributed by atoms with Crippen molar-refractivity contribution in [3.05, 3.63) is 53.3 Å². The summed E-state index contributed by atoms with van der Waals surface area (Å²) in [6.45, 7) is 1.68. The van der Waals surface area contributed by atoms with E-state index in [9.17, 15) is 13.2 Å². The van der Waals surface area contributed by atoms with Crippen LogP contribution >= 0.6 is 0 Å². The Kier molecular flexibility index (Phi) is 2.79. The second-order valence-electron chi connectivity index (χ2n) is 3.81. The van der Waals surface area contributed by atoms with Gasteiger partial charge in [0.2, 0.25) is 0 Å². The SMILES string of the molecule is Cc1cc(-c2cc(F)ccc2F)c(F)cc1N. The number of nitrogens with two attached hydrogens (primary N) is 1. The van der Waals surface area contributed by atoms with Gasteiger partial charge >= 0.3 is 0 Å². The van der Waals surface area contributed by atoms with Gasteiger partial charge in [-0.05, 0) is 42.8 Å². The van der Waals surface area contributed by atoms with E-state index in [0.717, 1.165) is 24.3 Å². The number of hydrogen-bond donors (Lipinski definition) is 1. The standard InChI is InChI=1S/C13H10F3N/c1-7-4-9(12(16)6-13(7)17)10-5-8(14)2-3-11(10)15/h2-6H,17H2,1H3. The van der Waals surface area contributed by atoms with Crippen LogP contribution in [0.3, 0.4) is 0 Å². The summed E-state index contributed by atoms with van der Waals surface area (Å²) in [6, 6.07) is 5.43. The van der Waals surface area contributed by atoms with Gasteiger partial charge in [0.1, 0.15) is 17.5 Å². The molecule has 2 aromatic carbocycles. The van der Waals surface area contributed by atoms with Crippen molar-refractivity contribution < 1.29 is 13.2 Å². The molecular weight excluding hydrogens is 227 g/mol. The zero-order valence-corrected chi connectivity index (χ0v) is 9.10. The lowest BCUT2D eigenvalue weighted by Crippen LogP contribution is -1.95. The van der Waals surface area contributed by atoms with Crippen LogP contribution in [0.1, 0.15) is 5.56 Å². The first-order chi connectivity index (χ1) is 7.99. The number of hydrogen-bond acceptors (Lipinski definition) is 1. The molecule has 2 rings (SSSR count). The third-order valence-corrected chi connectivity index (χ3v) is 2.57. The predicted molar refractivity (Wildman–Crippen MR) is 60.9 cm³/mol. The summed E-state index contributed by atoms with van der Waals surface area (Å²) in [5, 5.41) is 0.